The fraction of sp³-hybridized carbons (Fsp3) is 0.600. The van der Waals surface area contributed by atoms with Gasteiger partial charge in [0.05, 0.1) is 5.39 Å². The molecule has 2 aromatic heterocycles. The highest BCUT2D eigenvalue weighted by Crippen LogP contribution is 2.39. The first-order valence-electron chi connectivity index (χ1n) is 7.42. The largest absolute Gasteiger partial charge is 0.381 e. The van der Waals surface area contributed by atoms with Gasteiger partial charge in [0.15, 0.2) is 0 Å². The molecule has 3 heterocycles. The third-order valence-corrected chi connectivity index (χ3v) is 5.53. The van der Waals surface area contributed by atoms with E-state index in [9.17, 15) is 0 Å². The molecule has 4 nitrogen and oxygen atoms in total. The van der Waals surface area contributed by atoms with Crippen molar-refractivity contribution in [1.29, 1.82) is 0 Å². The van der Waals surface area contributed by atoms with Crippen molar-refractivity contribution in [3.8, 4) is 0 Å². The summed E-state index contributed by atoms with van der Waals surface area (Å²) in [4.78, 5) is 12.3. The number of anilines is 1. The lowest BCUT2D eigenvalue weighted by atomic mass is 10.0. The van der Waals surface area contributed by atoms with Gasteiger partial charge in [-0.05, 0) is 37.2 Å². The van der Waals surface area contributed by atoms with Gasteiger partial charge < -0.3 is 10.1 Å². The van der Waals surface area contributed by atoms with Gasteiger partial charge in [-0.3, -0.25) is 0 Å². The fourth-order valence-electron chi connectivity index (χ4n) is 3.31. The molecule has 5 heteroatoms. The number of hydrogen-bond donors (Lipinski definition) is 1. The maximum atomic E-state index is 5.45. The predicted molar refractivity (Wildman–Crippen MR) is 81.6 cm³/mol. The molecule has 0 aromatic carbocycles. The van der Waals surface area contributed by atoms with Crippen molar-refractivity contribution in [3.05, 3.63) is 16.3 Å². The van der Waals surface area contributed by atoms with Gasteiger partial charge in [0.25, 0.3) is 0 Å². The van der Waals surface area contributed by atoms with Crippen LogP contribution in [0.3, 0.4) is 0 Å². The third-order valence-electron chi connectivity index (χ3n) is 4.34. The number of fused-ring (bicyclic) bond motifs is 3. The molecule has 4 rings (SSSR count). The van der Waals surface area contributed by atoms with Gasteiger partial charge >= 0.3 is 0 Å². The Balaban J connectivity index is 1.76. The Hall–Kier alpha value is -1.20. The molecule has 1 atom stereocenters. The minimum absolute atomic E-state index is 0.587. The normalized spacial score (nSPS) is 21.6. The average Bonchev–Trinajstić information content (AvgIpc) is 3.13. The molecule has 1 fully saturated rings. The van der Waals surface area contributed by atoms with Crippen molar-refractivity contribution in [2.75, 3.05) is 25.6 Å². The summed E-state index contributed by atoms with van der Waals surface area (Å²) in [5.74, 6) is 2.57. The van der Waals surface area contributed by atoms with E-state index in [-0.39, 0.29) is 0 Å². The van der Waals surface area contributed by atoms with Crippen LogP contribution >= 0.6 is 11.3 Å². The van der Waals surface area contributed by atoms with Crippen LogP contribution in [0.4, 0.5) is 5.82 Å². The first-order valence-corrected chi connectivity index (χ1v) is 8.23. The molecule has 0 bridgehead atoms. The summed E-state index contributed by atoms with van der Waals surface area (Å²) < 4.78 is 5.45. The van der Waals surface area contributed by atoms with Crippen molar-refractivity contribution < 1.29 is 4.74 Å². The number of rotatable bonds is 3. The summed E-state index contributed by atoms with van der Waals surface area (Å²) in [5.41, 5.74) is 1.49. The standard InChI is InChI=1S/C15H19N3OS/c1-16-14-13-10-3-2-4-11(10)20-15(13)18-12(17-14)7-9-5-6-19-8-9/h9H,2-8H2,1H3,(H,16,17,18). The summed E-state index contributed by atoms with van der Waals surface area (Å²) in [6.07, 6.45) is 5.75. The van der Waals surface area contributed by atoms with Crippen LogP contribution in [-0.4, -0.2) is 30.2 Å². The van der Waals surface area contributed by atoms with Crippen molar-refractivity contribution in [2.24, 2.45) is 5.92 Å². The molecule has 0 spiro atoms. The molecule has 0 radical (unpaired) electrons. The number of aryl methyl sites for hydroxylation is 2. The van der Waals surface area contributed by atoms with Crippen LogP contribution in [0.1, 0.15) is 29.1 Å². The molecule has 0 amide bonds. The lowest BCUT2D eigenvalue weighted by Crippen LogP contribution is -2.08. The number of aromatic nitrogens is 2. The van der Waals surface area contributed by atoms with Crippen molar-refractivity contribution in [1.82, 2.24) is 9.97 Å². The molecule has 1 saturated heterocycles. The van der Waals surface area contributed by atoms with Crippen LogP contribution in [0.25, 0.3) is 10.2 Å². The SMILES string of the molecule is CNc1nc(CC2CCOC2)nc2sc3c(c12)CCC3. The second kappa shape index (κ2) is 4.97. The minimum Gasteiger partial charge on any atom is -0.381 e. The second-order valence-electron chi connectivity index (χ2n) is 5.71. The maximum Gasteiger partial charge on any atom is 0.138 e. The van der Waals surface area contributed by atoms with Crippen LogP contribution < -0.4 is 5.32 Å². The Morgan fingerprint density at radius 3 is 3.10 bits per heavy atom. The van der Waals surface area contributed by atoms with E-state index in [1.54, 1.807) is 0 Å². The fourth-order valence-corrected chi connectivity index (χ4v) is 4.59. The summed E-state index contributed by atoms with van der Waals surface area (Å²) >= 11 is 1.87. The Bertz CT molecular complexity index is 646. The molecule has 20 heavy (non-hydrogen) atoms. The minimum atomic E-state index is 0.587. The van der Waals surface area contributed by atoms with Gasteiger partial charge in [-0.25, -0.2) is 9.97 Å². The van der Waals surface area contributed by atoms with E-state index in [1.165, 1.54) is 39.9 Å². The first-order chi connectivity index (χ1) is 9.85. The summed E-state index contributed by atoms with van der Waals surface area (Å²) in [7, 11) is 1.96. The number of thiophene rings is 1. The Morgan fingerprint density at radius 2 is 2.30 bits per heavy atom. The molecular formula is C15H19N3OS. The van der Waals surface area contributed by atoms with Crippen molar-refractivity contribution in [2.45, 2.75) is 32.1 Å². The lowest BCUT2D eigenvalue weighted by Gasteiger charge is -2.09. The van der Waals surface area contributed by atoms with E-state index in [0.717, 1.165) is 37.7 Å². The molecule has 2 aromatic rings. The molecule has 1 aliphatic carbocycles. The molecule has 2 aliphatic rings. The topological polar surface area (TPSA) is 47.0 Å². The zero-order valence-electron chi connectivity index (χ0n) is 11.7. The maximum absolute atomic E-state index is 5.45. The average molecular weight is 289 g/mol. The van der Waals surface area contributed by atoms with Gasteiger partial charge in [-0.15, -0.1) is 11.3 Å². The van der Waals surface area contributed by atoms with Gasteiger partial charge in [-0.1, -0.05) is 0 Å². The lowest BCUT2D eigenvalue weighted by molar-refractivity contribution is 0.185. The van der Waals surface area contributed by atoms with Gasteiger partial charge in [0.1, 0.15) is 16.5 Å². The Kier molecular flexibility index (Phi) is 3.11. The number of ether oxygens (including phenoxy) is 1. The van der Waals surface area contributed by atoms with Crippen LogP contribution in [0.2, 0.25) is 0 Å². The predicted octanol–water partition coefficient (Wildman–Crippen LogP) is 2.80. The smallest absolute Gasteiger partial charge is 0.138 e. The van der Waals surface area contributed by atoms with Gasteiger partial charge in [0, 0.05) is 31.6 Å². The number of nitrogens with one attached hydrogen (secondary N) is 1. The highest BCUT2D eigenvalue weighted by Gasteiger charge is 2.23. The Labute approximate surface area is 122 Å². The zero-order valence-corrected chi connectivity index (χ0v) is 12.6. The zero-order chi connectivity index (χ0) is 13.5. The third kappa shape index (κ3) is 2.00. The van der Waals surface area contributed by atoms with E-state index < -0.39 is 0 Å². The molecular weight excluding hydrogens is 270 g/mol. The number of nitrogens with zero attached hydrogens (tertiary/aromatic N) is 2. The molecule has 1 aliphatic heterocycles. The molecule has 1 N–H and O–H groups in total. The van der Waals surface area contributed by atoms with Gasteiger partial charge in [-0.2, -0.15) is 0 Å². The van der Waals surface area contributed by atoms with Crippen LogP contribution in [0.15, 0.2) is 0 Å². The molecule has 0 saturated carbocycles. The van der Waals surface area contributed by atoms with E-state index >= 15 is 0 Å². The molecule has 1 unspecified atom stereocenters. The monoisotopic (exact) mass is 289 g/mol. The summed E-state index contributed by atoms with van der Waals surface area (Å²) in [6.45, 7) is 1.75. The van der Waals surface area contributed by atoms with Gasteiger partial charge in [0.2, 0.25) is 0 Å². The van der Waals surface area contributed by atoms with E-state index in [2.05, 4.69) is 5.32 Å². The summed E-state index contributed by atoms with van der Waals surface area (Å²) in [6, 6.07) is 0. The highest BCUT2D eigenvalue weighted by molar-refractivity contribution is 7.19. The second-order valence-corrected chi connectivity index (χ2v) is 6.79. The highest BCUT2D eigenvalue weighted by atomic mass is 32.1. The van der Waals surface area contributed by atoms with Crippen LogP contribution in [-0.2, 0) is 24.0 Å². The van der Waals surface area contributed by atoms with Crippen molar-refractivity contribution in [3.63, 3.8) is 0 Å². The van der Waals surface area contributed by atoms with Crippen LogP contribution in [0.5, 0.6) is 0 Å². The first kappa shape index (κ1) is 12.5. The van der Waals surface area contributed by atoms with Crippen molar-refractivity contribution >= 4 is 27.4 Å². The molecule has 106 valence electrons. The Morgan fingerprint density at radius 1 is 1.35 bits per heavy atom. The summed E-state index contributed by atoms with van der Waals surface area (Å²) in [5, 5.41) is 4.55. The van der Waals surface area contributed by atoms with E-state index in [0.29, 0.717) is 5.92 Å². The quantitative estimate of drug-likeness (QED) is 0.944. The van der Waals surface area contributed by atoms with E-state index in [4.69, 9.17) is 14.7 Å². The number of hydrogen-bond acceptors (Lipinski definition) is 5. The van der Waals surface area contributed by atoms with E-state index in [1.807, 2.05) is 18.4 Å². The van der Waals surface area contributed by atoms with Crippen LogP contribution in [0, 0.1) is 5.92 Å².